The number of hydrogen-bond donors (Lipinski definition) is 0. The number of methoxy groups -OCH3 is 1. The molecule has 2 aromatic heterocycles. The molecule has 2 heterocycles. The van der Waals surface area contributed by atoms with Crippen LogP contribution in [-0.4, -0.2) is 17.1 Å². The first-order valence-electron chi connectivity index (χ1n) is 4.74. The lowest BCUT2D eigenvalue weighted by Gasteiger charge is -2.06. The lowest BCUT2D eigenvalue weighted by Crippen LogP contribution is -1.93. The Balaban J connectivity index is 2.53. The highest BCUT2D eigenvalue weighted by atomic mass is 16.5. The molecule has 0 bridgehead atoms. The maximum Gasteiger partial charge on any atom is 0.222 e. The number of rotatable bonds is 2. The predicted molar refractivity (Wildman–Crippen MR) is 58.8 cm³/mol. The van der Waals surface area contributed by atoms with Crippen molar-refractivity contribution in [1.29, 1.82) is 0 Å². The minimum absolute atomic E-state index is 0.607. The Morgan fingerprint density at radius 2 is 2.00 bits per heavy atom. The second kappa shape index (κ2) is 4.09. The van der Waals surface area contributed by atoms with Crippen LogP contribution in [0.4, 0.5) is 0 Å². The van der Waals surface area contributed by atoms with E-state index in [4.69, 9.17) is 4.74 Å². The van der Waals surface area contributed by atoms with Crippen LogP contribution in [0.25, 0.3) is 11.3 Å². The highest BCUT2D eigenvalue weighted by molar-refractivity contribution is 5.64. The fourth-order valence-corrected chi connectivity index (χ4v) is 1.44. The van der Waals surface area contributed by atoms with Crippen molar-refractivity contribution >= 4 is 0 Å². The van der Waals surface area contributed by atoms with Gasteiger partial charge in [-0.05, 0) is 31.2 Å². The van der Waals surface area contributed by atoms with Crippen LogP contribution in [0.2, 0.25) is 0 Å². The molecule has 0 radical (unpaired) electrons. The normalized spacial score (nSPS) is 10.0. The summed E-state index contributed by atoms with van der Waals surface area (Å²) in [6, 6.07) is 9.72. The fraction of sp³-hybridized carbons (Fsp3) is 0.167. The van der Waals surface area contributed by atoms with Gasteiger partial charge in [0.15, 0.2) is 0 Å². The van der Waals surface area contributed by atoms with Crippen molar-refractivity contribution in [2.45, 2.75) is 6.92 Å². The zero-order valence-corrected chi connectivity index (χ0v) is 8.77. The average molecular weight is 200 g/mol. The van der Waals surface area contributed by atoms with Crippen molar-refractivity contribution in [3.63, 3.8) is 0 Å². The van der Waals surface area contributed by atoms with Crippen LogP contribution in [0.1, 0.15) is 5.69 Å². The molecule has 2 rings (SSSR count). The first-order chi connectivity index (χ1) is 7.31. The van der Waals surface area contributed by atoms with E-state index in [1.807, 2.05) is 37.3 Å². The van der Waals surface area contributed by atoms with Gasteiger partial charge < -0.3 is 4.74 Å². The number of aromatic nitrogens is 2. The summed E-state index contributed by atoms with van der Waals surface area (Å²) in [5.41, 5.74) is 2.79. The molecule has 0 aromatic carbocycles. The van der Waals surface area contributed by atoms with Gasteiger partial charge in [0.05, 0.1) is 18.4 Å². The molecule has 0 aliphatic heterocycles. The average Bonchev–Trinajstić information content (AvgIpc) is 2.29. The standard InChI is InChI=1S/C12H12N2O/c1-9-5-3-7-11(14-9)10-6-4-8-13-12(10)15-2/h3-8H,1-2H3. The van der Waals surface area contributed by atoms with Crippen LogP contribution in [0.3, 0.4) is 0 Å². The molecule has 0 saturated heterocycles. The molecule has 15 heavy (non-hydrogen) atoms. The van der Waals surface area contributed by atoms with E-state index in [2.05, 4.69) is 9.97 Å². The number of aryl methyl sites for hydroxylation is 1. The summed E-state index contributed by atoms with van der Waals surface area (Å²) < 4.78 is 5.19. The van der Waals surface area contributed by atoms with E-state index in [-0.39, 0.29) is 0 Å². The highest BCUT2D eigenvalue weighted by Gasteiger charge is 2.06. The Kier molecular flexibility index (Phi) is 2.63. The van der Waals surface area contributed by atoms with E-state index in [9.17, 15) is 0 Å². The van der Waals surface area contributed by atoms with Gasteiger partial charge in [-0.3, -0.25) is 4.98 Å². The third kappa shape index (κ3) is 1.96. The van der Waals surface area contributed by atoms with E-state index >= 15 is 0 Å². The van der Waals surface area contributed by atoms with Gasteiger partial charge in [-0.15, -0.1) is 0 Å². The van der Waals surface area contributed by atoms with Crippen LogP contribution in [0.15, 0.2) is 36.5 Å². The highest BCUT2D eigenvalue weighted by Crippen LogP contribution is 2.25. The maximum absolute atomic E-state index is 5.19. The summed E-state index contributed by atoms with van der Waals surface area (Å²) >= 11 is 0. The van der Waals surface area contributed by atoms with Crippen LogP contribution in [-0.2, 0) is 0 Å². The van der Waals surface area contributed by atoms with Gasteiger partial charge in [0, 0.05) is 11.9 Å². The molecule has 0 N–H and O–H groups in total. The molecule has 76 valence electrons. The van der Waals surface area contributed by atoms with E-state index in [0.717, 1.165) is 17.0 Å². The monoisotopic (exact) mass is 200 g/mol. The molecule has 0 amide bonds. The molecule has 3 heteroatoms. The Morgan fingerprint density at radius 1 is 1.13 bits per heavy atom. The maximum atomic E-state index is 5.19. The molecule has 0 saturated carbocycles. The fourth-order valence-electron chi connectivity index (χ4n) is 1.44. The molecule has 0 aliphatic rings. The van der Waals surface area contributed by atoms with Gasteiger partial charge in [0.25, 0.3) is 0 Å². The van der Waals surface area contributed by atoms with Crippen molar-refractivity contribution in [3.05, 3.63) is 42.2 Å². The first-order valence-corrected chi connectivity index (χ1v) is 4.74. The van der Waals surface area contributed by atoms with Gasteiger partial charge in [-0.2, -0.15) is 0 Å². The molecule has 0 aliphatic carbocycles. The Labute approximate surface area is 88.8 Å². The number of pyridine rings is 2. The Bertz CT molecular complexity index is 469. The second-order valence-corrected chi connectivity index (χ2v) is 3.22. The van der Waals surface area contributed by atoms with E-state index in [0.29, 0.717) is 5.88 Å². The molecular weight excluding hydrogens is 188 g/mol. The quantitative estimate of drug-likeness (QED) is 0.747. The molecule has 3 nitrogen and oxygen atoms in total. The second-order valence-electron chi connectivity index (χ2n) is 3.22. The van der Waals surface area contributed by atoms with Crippen LogP contribution in [0, 0.1) is 6.92 Å². The van der Waals surface area contributed by atoms with Crippen molar-refractivity contribution in [3.8, 4) is 17.1 Å². The molecule has 0 fully saturated rings. The molecule has 2 aromatic rings. The summed E-state index contributed by atoms with van der Waals surface area (Å²) in [5.74, 6) is 0.607. The predicted octanol–water partition coefficient (Wildman–Crippen LogP) is 2.46. The van der Waals surface area contributed by atoms with E-state index in [1.165, 1.54) is 0 Å². The van der Waals surface area contributed by atoms with Crippen molar-refractivity contribution < 1.29 is 4.74 Å². The van der Waals surface area contributed by atoms with Crippen LogP contribution in [0.5, 0.6) is 5.88 Å². The van der Waals surface area contributed by atoms with Gasteiger partial charge in [-0.25, -0.2) is 4.98 Å². The number of nitrogens with zero attached hydrogens (tertiary/aromatic N) is 2. The molecular formula is C12H12N2O. The Morgan fingerprint density at radius 3 is 2.73 bits per heavy atom. The van der Waals surface area contributed by atoms with Gasteiger partial charge in [0.1, 0.15) is 0 Å². The largest absolute Gasteiger partial charge is 0.481 e. The lowest BCUT2D eigenvalue weighted by molar-refractivity contribution is 0.399. The summed E-state index contributed by atoms with van der Waals surface area (Å²) in [7, 11) is 1.61. The summed E-state index contributed by atoms with van der Waals surface area (Å²) in [6.45, 7) is 1.96. The first kappa shape index (κ1) is 9.65. The van der Waals surface area contributed by atoms with Crippen molar-refractivity contribution in [1.82, 2.24) is 9.97 Å². The molecule has 0 spiro atoms. The summed E-state index contributed by atoms with van der Waals surface area (Å²) in [4.78, 5) is 8.57. The van der Waals surface area contributed by atoms with Gasteiger partial charge in [-0.1, -0.05) is 6.07 Å². The molecule has 0 unspecified atom stereocenters. The smallest absolute Gasteiger partial charge is 0.222 e. The summed E-state index contributed by atoms with van der Waals surface area (Å²) in [6.07, 6.45) is 1.71. The van der Waals surface area contributed by atoms with Gasteiger partial charge in [0.2, 0.25) is 5.88 Å². The number of ether oxygens (including phenoxy) is 1. The Hall–Kier alpha value is -1.90. The minimum Gasteiger partial charge on any atom is -0.481 e. The van der Waals surface area contributed by atoms with Crippen molar-refractivity contribution in [2.75, 3.05) is 7.11 Å². The molecule has 0 atom stereocenters. The summed E-state index contributed by atoms with van der Waals surface area (Å²) in [5, 5.41) is 0. The third-order valence-electron chi connectivity index (χ3n) is 2.13. The van der Waals surface area contributed by atoms with Gasteiger partial charge >= 0.3 is 0 Å². The van der Waals surface area contributed by atoms with E-state index in [1.54, 1.807) is 13.3 Å². The van der Waals surface area contributed by atoms with Crippen molar-refractivity contribution in [2.24, 2.45) is 0 Å². The van der Waals surface area contributed by atoms with E-state index < -0.39 is 0 Å². The zero-order valence-electron chi connectivity index (χ0n) is 8.77. The minimum atomic E-state index is 0.607. The van der Waals surface area contributed by atoms with Crippen LogP contribution >= 0.6 is 0 Å². The SMILES string of the molecule is COc1ncccc1-c1cccc(C)n1. The van der Waals surface area contributed by atoms with Crippen LogP contribution < -0.4 is 4.74 Å². The third-order valence-corrected chi connectivity index (χ3v) is 2.13. The number of hydrogen-bond acceptors (Lipinski definition) is 3. The zero-order chi connectivity index (χ0) is 10.7. The lowest BCUT2D eigenvalue weighted by atomic mass is 10.1. The topological polar surface area (TPSA) is 35.0 Å².